The zero-order valence-corrected chi connectivity index (χ0v) is 11.6. The topological polar surface area (TPSA) is 38.7 Å². The van der Waals surface area contributed by atoms with E-state index in [9.17, 15) is 5.11 Å². The Morgan fingerprint density at radius 1 is 1.39 bits per heavy atom. The molecule has 3 nitrogen and oxygen atoms in total. The van der Waals surface area contributed by atoms with Crippen molar-refractivity contribution in [2.24, 2.45) is 0 Å². The monoisotopic (exact) mass is 290 g/mol. The van der Waals surface area contributed by atoms with Crippen LogP contribution in [0.2, 0.25) is 10.0 Å². The number of halogens is 2. The summed E-state index contributed by atoms with van der Waals surface area (Å²) in [5.74, 6) is 0.533. The standard InChI is InChI=1S/C13H16Cl2O3/c1-2-5-17-13-10(16)7-12(13)18-11-6-8(14)3-4-9(11)15/h3-4,6,10,12-13,16H,2,5,7H2,1H3. The van der Waals surface area contributed by atoms with Gasteiger partial charge in [0.25, 0.3) is 0 Å². The molecule has 1 aromatic rings. The fourth-order valence-electron chi connectivity index (χ4n) is 1.88. The predicted molar refractivity (Wildman–Crippen MR) is 71.5 cm³/mol. The molecule has 0 aromatic heterocycles. The minimum Gasteiger partial charge on any atom is -0.486 e. The molecule has 1 aliphatic carbocycles. The number of rotatable bonds is 5. The summed E-state index contributed by atoms with van der Waals surface area (Å²) in [6.07, 6.45) is 0.562. The van der Waals surface area contributed by atoms with Crippen molar-refractivity contribution in [3.63, 3.8) is 0 Å². The molecule has 1 N–H and O–H groups in total. The number of hydrogen-bond donors (Lipinski definition) is 1. The van der Waals surface area contributed by atoms with Gasteiger partial charge >= 0.3 is 0 Å². The summed E-state index contributed by atoms with van der Waals surface area (Å²) in [7, 11) is 0. The SMILES string of the molecule is CCCOC1C(O)CC1Oc1cc(Cl)ccc1Cl. The summed E-state index contributed by atoms with van der Waals surface area (Å²) < 4.78 is 11.3. The van der Waals surface area contributed by atoms with Crippen LogP contribution >= 0.6 is 23.2 Å². The molecule has 3 atom stereocenters. The lowest BCUT2D eigenvalue weighted by molar-refractivity contribution is -0.162. The first kappa shape index (κ1) is 13.9. The van der Waals surface area contributed by atoms with Gasteiger partial charge in [0.1, 0.15) is 18.0 Å². The average Bonchev–Trinajstić information content (AvgIpc) is 2.33. The maximum absolute atomic E-state index is 9.64. The molecule has 1 aliphatic rings. The van der Waals surface area contributed by atoms with Crippen molar-refractivity contribution in [3.8, 4) is 5.75 Å². The zero-order chi connectivity index (χ0) is 13.1. The fraction of sp³-hybridized carbons (Fsp3) is 0.538. The highest BCUT2D eigenvalue weighted by Crippen LogP contribution is 2.34. The van der Waals surface area contributed by atoms with E-state index in [1.165, 1.54) is 0 Å². The largest absolute Gasteiger partial charge is 0.486 e. The van der Waals surface area contributed by atoms with Crippen LogP contribution < -0.4 is 4.74 Å². The van der Waals surface area contributed by atoms with Crippen LogP contribution in [0.15, 0.2) is 18.2 Å². The molecular weight excluding hydrogens is 275 g/mol. The van der Waals surface area contributed by atoms with Gasteiger partial charge in [0, 0.05) is 24.1 Å². The first-order valence-corrected chi connectivity index (χ1v) is 6.78. The maximum Gasteiger partial charge on any atom is 0.139 e. The number of hydrogen-bond acceptors (Lipinski definition) is 3. The van der Waals surface area contributed by atoms with E-state index >= 15 is 0 Å². The Hall–Kier alpha value is -0.480. The second-order valence-corrected chi connectivity index (χ2v) is 5.21. The molecule has 0 radical (unpaired) electrons. The molecular formula is C13H16Cl2O3. The van der Waals surface area contributed by atoms with E-state index in [0.29, 0.717) is 28.8 Å². The van der Waals surface area contributed by atoms with Crippen LogP contribution in [0.5, 0.6) is 5.75 Å². The molecule has 0 aliphatic heterocycles. The number of aliphatic hydroxyl groups is 1. The summed E-state index contributed by atoms with van der Waals surface area (Å²) >= 11 is 11.9. The molecule has 0 bridgehead atoms. The van der Waals surface area contributed by atoms with Crippen LogP contribution in [0.25, 0.3) is 0 Å². The molecule has 100 valence electrons. The van der Waals surface area contributed by atoms with Gasteiger partial charge in [-0.15, -0.1) is 0 Å². The molecule has 0 spiro atoms. The van der Waals surface area contributed by atoms with Crippen molar-refractivity contribution < 1.29 is 14.6 Å². The van der Waals surface area contributed by atoms with Crippen molar-refractivity contribution >= 4 is 23.2 Å². The molecule has 1 fully saturated rings. The van der Waals surface area contributed by atoms with E-state index in [1.807, 2.05) is 6.92 Å². The molecule has 18 heavy (non-hydrogen) atoms. The summed E-state index contributed by atoms with van der Waals surface area (Å²) in [5.41, 5.74) is 0. The van der Waals surface area contributed by atoms with Gasteiger partial charge in [-0.05, 0) is 18.6 Å². The minimum absolute atomic E-state index is 0.164. The van der Waals surface area contributed by atoms with Gasteiger partial charge in [-0.25, -0.2) is 0 Å². The number of ether oxygens (including phenoxy) is 2. The van der Waals surface area contributed by atoms with Gasteiger partial charge in [-0.3, -0.25) is 0 Å². The van der Waals surface area contributed by atoms with Crippen molar-refractivity contribution in [1.29, 1.82) is 0 Å². The highest BCUT2D eigenvalue weighted by molar-refractivity contribution is 6.34. The van der Waals surface area contributed by atoms with Crippen LogP contribution in [0.3, 0.4) is 0 Å². The second kappa shape index (κ2) is 6.11. The van der Waals surface area contributed by atoms with E-state index in [1.54, 1.807) is 18.2 Å². The molecule has 0 heterocycles. The third kappa shape index (κ3) is 3.09. The quantitative estimate of drug-likeness (QED) is 0.904. The molecule has 1 saturated carbocycles. The lowest BCUT2D eigenvalue weighted by Crippen LogP contribution is -2.55. The van der Waals surface area contributed by atoms with Crippen molar-refractivity contribution in [3.05, 3.63) is 28.2 Å². The first-order chi connectivity index (χ1) is 8.61. The van der Waals surface area contributed by atoms with E-state index < -0.39 is 6.10 Å². The minimum atomic E-state index is -0.459. The highest BCUT2D eigenvalue weighted by atomic mass is 35.5. The summed E-state index contributed by atoms with van der Waals surface area (Å²) in [5, 5.41) is 10.7. The smallest absolute Gasteiger partial charge is 0.139 e. The summed E-state index contributed by atoms with van der Waals surface area (Å²) in [6, 6.07) is 5.07. The van der Waals surface area contributed by atoms with Gasteiger partial charge in [0.15, 0.2) is 0 Å². The van der Waals surface area contributed by atoms with E-state index in [4.69, 9.17) is 32.7 Å². The van der Waals surface area contributed by atoms with Crippen LogP contribution in [-0.4, -0.2) is 30.0 Å². The summed E-state index contributed by atoms with van der Waals surface area (Å²) in [6.45, 7) is 2.64. The Labute approximate surface area is 117 Å². The normalized spacial score (nSPS) is 26.8. The highest BCUT2D eigenvalue weighted by Gasteiger charge is 2.43. The van der Waals surface area contributed by atoms with Crippen LogP contribution in [0, 0.1) is 0 Å². The van der Waals surface area contributed by atoms with Crippen molar-refractivity contribution in [2.75, 3.05) is 6.61 Å². The van der Waals surface area contributed by atoms with Crippen LogP contribution in [-0.2, 0) is 4.74 Å². The van der Waals surface area contributed by atoms with Gasteiger partial charge in [0.05, 0.1) is 11.1 Å². The zero-order valence-electron chi connectivity index (χ0n) is 10.1. The van der Waals surface area contributed by atoms with Gasteiger partial charge in [-0.1, -0.05) is 30.1 Å². The van der Waals surface area contributed by atoms with Crippen molar-refractivity contribution in [1.82, 2.24) is 0 Å². The van der Waals surface area contributed by atoms with Crippen LogP contribution in [0.4, 0.5) is 0 Å². The Morgan fingerprint density at radius 2 is 2.17 bits per heavy atom. The molecule has 2 rings (SSSR count). The lowest BCUT2D eigenvalue weighted by Gasteiger charge is -2.40. The van der Waals surface area contributed by atoms with Gasteiger partial charge in [-0.2, -0.15) is 0 Å². The van der Waals surface area contributed by atoms with E-state index in [-0.39, 0.29) is 12.2 Å². The predicted octanol–water partition coefficient (Wildman–Crippen LogP) is 3.30. The van der Waals surface area contributed by atoms with Crippen molar-refractivity contribution in [2.45, 2.75) is 38.1 Å². The fourth-order valence-corrected chi connectivity index (χ4v) is 2.20. The average molecular weight is 291 g/mol. The Morgan fingerprint density at radius 3 is 2.83 bits per heavy atom. The molecule has 5 heteroatoms. The Kier molecular flexibility index (Phi) is 4.73. The lowest BCUT2D eigenvalue weighted by atomic mass is 9.88. The van der Waals surface area contributed by atoms with E-state index in [0.717, 1.165) is 6.42 Å². The molecule has 3 unspecified atom stereocenters. The van der Waals surface area contributed by atoms with E-state index in [2.05, 4.69) is 0 Å². The van der Waals surface area contributed by atoms with Gasteiger partial charge < -0.3 is 14.6 Å². The maximum atomic E-state index is 9.64. The molecule has 1 aromatic carbocycles. The number of aliphatic hydroxyl groups excluding tert-OH is 1. The first-order valence-electron chi connectivity index (χ1n) is 6.03. The number of benzene rings is 1. The molecule has 0 amide bonds. The van der Waals surface area contributed by atoms with Gasteiger partial charge in [0.2, 0.25) is 0 Å². The second-order valence-electron chi connectivity index (χ2n) is 4.37. The van der Waals surface area contributed by atoms with Crippen LogP contribution in [0.1, 0.15) is 19.8 Å². The Bertz CT molecular complexity index is 411. The third-order valence-electron chi connectivity index (χ3n) is 2.91. The third-order valence-corrected chi connectivity index (χ3v) is 3.45. The Balaban J connectivity index is 1.98. The summed E-state index contributed by atoms with van der Waals surface area (Å²) in [4.78, 5) is 0. The molecule has 0 saturated heterocycles.